The summed E-state index contributed by atoms with van der Waals surface area (Å²) in [5.74, 6) is 1.20. The second-order valence-corrected chi connectivity index (χ2v) is 8.57. The summed E-state index contributed by atoms with van der Waals surface area (Å²) in [6, 6.07) is 29.6. The van der Waals surface area contributed by atoms with Gasteiger partial charge in [0.2, 0.25) is 0 Å². The quantitative estimate of drug-likeness (QED) is 0.161. The van der Waals surface area contributed by atoms with Gasteiger partial charge in [0, 0.05) is 6.20 Å². The molecule has 0 fully saturated rings. The first-order valence-corrected chi connectivity index (χ1v) is 12.2. The van der Waals surface area contributed by atoms with Crippen LogP contribution >= 0.6 is 0 Å². The molecule has 5 rings (SSSR count). The molecule has 0 unspecified atom stereocenters. The molecule has 38 heavy (non-hydrogen) atoms. The number of benzene rings is 3. The molecule has 0 radical (unpaired) electrons. The Kier molecular flexibility index (Phi) is 7.91. The van der Waals surface area contributed by atoms with Crippen molar-refractivity contribution in [3.8, 4) is 11.6 Å². The van der Waals surface area contributed by atoms with Gasteiger partial charge in [-0.25, -0.2) is 4.98 Å². The molecule has 0 saturated heterocycles. The monoisotopic (exact) mass is 498 g/mol. The van der Waals surface area contributed by atoms with Crippen molar-refractivity contribution in [2.75, 3.05) is 0 Å². The van der Waals surface area contributed by atoms with Crippen LogP contribution in [-0.4, -0.2) is 20.7 Å². The van der Waals surface area contributed by atoms with E-state index in [1.165, 1.54) is 11.9 Å². The van der Waals surface area contributed by atoms with Crippen LogP contribution in [0.3, 0.4) is 0 Å². The lowest BCUT2D eigenvalue weighted by atomic mass is 10.1. The number of para-hydroxylation sites is 1. The summed E-state index contributed by atoms with van der Waals surface area (Å²) in [4.78, 5) is 18.6. The lowest BCUT2D eigenvalue weighted by molar-refractivity contribution is 0.306. The molecule has 6 heteroatoms. The number of pyridine rings is 1. The zero-order valence-electron chi connectivity index (χ0n) is 20.9. The molecule has 186 valence electrons. The van der Waals surface area contributed by atoms with E-state index in [-0.39, 0.29) is 0 Å². The van der Waals surface area contributed by atoms with Crippen LogP contribution in [0.5, 0.6) is 11.6 Å². The van der Waals surface area contributed by atoms with Crippen molar-refractivity contribution < 1.29 is 9.57 Å². The Morgan fingerprint density at radius 3 is 2.50 bits per heavy atom. The molecule has 0 saturated carbocycles. The summed E-state index contributed by atoms with van der Waals surface area (Å²) in [6.07, 6.45) is 10.8. The zero-order valence-corrected chi connectivity index (χ0v) is 20.9. The third-order valence-electron chi connectivity index (χ3n) is 5.67. The number of hydrogen-bond acceptors (Lipinski definition) is 6. The number of aromatic nitrogens is 3. The lowest BCUT2D eigenvalue weighted by Gasteiger charge is -2.07. The summed E-state index contributed by atoms with van der Waals surface area (Å²) in [7, 11) is 0. The Morgan fingerprint density at radius 2 is 1.66 bits per heavy atom. The SMILES string of the molecule is Cc1cccc(COc2ccc(/C=C/C(/C=C/c3ccccn3)=N/Oc3ncnc4ccccc34)cc2)c1. The molecule has 0 atom stereocenters. The van der Waals surface area contributed by atoms with E-state index in [0.717, 1.165) is 33.5 Å². The molecule has 0 aliphatic carbocycles. The fraction of sp³-hybridized carbons (Fsp3) is 0.0625. The molecular formula is C32H26N4O2. The summed E-state index contributed by atoms with van der Waals surface area (Å²) in [5, 5.41) is 5.15. The fourth-order valence-electron chi connectivity index (χ4n) is 3.74. The van der Waals surface area contributed by atoms with Crippen molar-refractivity contribution in [2.24, 2.45) is 5.16 Å². The number of fused-ring (bicyclic) bond motifs is 1. The van der Waals surface area contributed by atoms with Crippen LogP contribution < -0.4 is 9.57 Å². The van der Waals surface area contributed by atoms with Crippen LogP contribution in [0.4, 0.5) is 0 Å². The molecule has 2 heterocycles. The average molecular weight is 499 g/mol. The highest BCUT2D eigenvalue weighted by Gasteiger charge is 2.04. The van der Waals surface area contributed by atoms with Crippen LogP contribution in [0.25, 0.3) is 23.1 Å². The minimum atomic E-state index is 0.392. The number of allylic oxidation sites excluding steroid dienone is 2. The summed E-state index contributed by atoms with van der Waals surface area (Å²) in [6.45, 7) is 2.61. The van der Waals surface area contributed by atoms with E-state index >= 15 is 0 Å². The molecule has 0 aliphatic rings. The van der Waals surface area contributed by atoms with Gasteiger partial charge in [-0.1, -0.05) is 71.4 Å². The van der Waals surface area contributed by atoms with Gasteiger partial charge in [0.05, 0.1) is 16.6 Å². The second kappa shape index (κ2) is 12.2. The van der Waals surface area contributed by atoms with E-state index < -0.39 is 0 Å². The van der Waals surface area contributed by atoms with Gasteiger partial charge in [0.15, 0.2) is 0 Å². The minimum absolute atomic E-state index is 0.392. The largest absolute Gasteiger partial charge is 0.489 e. The Labute approximate surface area is 221 Å². The van der Waals surface area contributed by atoms with Gasteiger partial charge in [-0.15, -0.1) is 0 Å². The average Bonchev–Trinajstić information content (AvgIpc) is 2.97. The number of hydrogen-bond donors (Lipinski definition) is 0. The predicted octanol–water partition coefficient (Wildman–Crippen LogP) is 7.07. The fourth-order valence-corrected chi connectivity index (χ4v) is 3.74. The molecule has 0 aliphatic heterocycles. The highest BCUT2D eigenvalue weighted by molar-refractivity contribution is 6.08. The molecule has 2 aromatic heterocycles. The Morgan fingerprint density at radius 1 is 0.816 bits per heavy atom. The van der Waals surface area contributed by atoms with Crippen molar-refractivity contribution in [1.29, 1.82) is 0 Å². The van der Waals surface area contributed by atoms with Crippen LogP contribution in [0.1, 0.15) is 22.4 Å². The van der Waals surface area contributed by atoms with Crippen molar-refractivity contribution >= 4 is 28.8 Å². The van der Waals surface area contributed by atoms with Gasteiger partial charge in [-0.3, -0.25) is 4.98 Å². The molecule has 0 bridgehead atoms. The Balaban J connectivity index is 1.32. The summed E-state index contributed by atoms with van der Waals surface area (Å²) >= 11 is 0. The highest BCUT2D eigenvalue weighted by Crippen LogP contribution is 2.21. The van der Waals surface area contributed by atoms with Crippen molar-refractivity contribution in [1.82, 2.24) is 15.0 Å². The van der Waals surface area contributed by atoms with Crippen LogP contribution in [-0.2, 0) is 6.61 Å². The van der Waals surface area contributed by atoms with Gasteiger partial charge in [-0.05, 0) is 72.7 Å². The molecule has 0 amide bonds. The third-order valence-corrected chi connectivity index (χ3v) is 5.67. The molecule has 3 aromatic carbocycles. The lowest BCUT2D eigenvalue weighted by Crippen LogP contribution is -1.97. The van der Waals surface area contributed by atoms with Crippen molar-refractivity contribution in [3.63, 3.8) is 0 Å². The van der Waals surface area contributed by atoms with Crippen molar-refractivity contribution in [2.45, 2.75) is 13.5 Å². The van der Waals surface area contributed by atoms with Crippen molar-refractivity contribution in [3.05, 3.63) is 138 Å². The van der Waals surface area contributed by atoms with E-state index in [0.29, 0.717) is 18.2 Å². The molecule has 5 aromatic rings. The Hall–Kier alpha value is -5.10. The number of ether oxygens (including phenoxy) is 1. The topological polar surface area (TPSA) is 69.5 Å². The van der Waals surface area contributed by atoms with Gasteiger partial charge >= 0.3 is 0 Å². The molecular weight excluding hydrogens is 472 g/mol. The maximum absolute atomic E-state index is 5.94. The maximum Gasteiger partial charge on any atom is 0.259 e. The van der Waals surface area contributed by atoms with Gasteiger partial charge in [0.1, 0.15) is 24.4 Å². The van der Waals surface area contributed by atoms with Gasteiger partial charge in [-0.2, -0.15) is 4.98 Å². The minimum Gasteiger partial charge on any atom is -0.489 e. The molecule has 6 nitrogen and oxygen atoms in total. The van der Waals surface area contributed by atoms with Crippen LogP contribution in [0.2, 0.25) is 0 Å². The highest BCUT2D eigenvalue weighted by atomic mass is 16.6. The van der Waals surface area contributed by atoms with E-state index in [9.17, 15) is 0 Å². The Bertz CT molecular complexity index is 1590. The molecule has 0 spiro atoms. The number of rotatable bonds is 9. The van der Waals surface area contributed by atoms with Gasteiger partial charge < -0.3 is 9.57 Å². The predicted molar refractivity (Wildman–Crippen MR) is 152 cm³/mol. The van der Waals surface area contributed by atoms with E-state index in [1.807, 2.05) is 97.1 Å². The smallest absolute Gasteiger partial charge is 0.259 e. The number of oxime groups is 1. The summed E-state index contributed by atoms with van der Waals surface area (Å²) < 4.78 is 5.94. The van der Waals surface area contributed by atoms with Crippen LogP contribution in [0, 0.1) is 6.92 Å². The molecule has 0 N–H and O–H groups in total. The van der Waals surface area contributed by atoms with E-state index in [4.69, 9.17) is 9.57 Å². The first kappa shape index (κ1) is 24.6. The van der Waals surface area contributed by atoms with E-state index in [2.05, 4.69) is 45.2 Å². The summed E-state index contributed by atoms with van der Waals surface area (Å²) in [5.41, 5.74) is 5.57. The van der Waals surface area contributed by atoms with Gasteiger partial charge in [0.25, 0.3) is 5.88 Å². The third kappa shape index (κ3) is 6.77. The second-order valence-electron chi connectivity index (χ2n) is 8.57. The number of aryl methyl sites for hydroxylation is 1. The van der Waals surface area contributed by atoms with Crippen LogP contribution in [0.15, 0.2) is 121 Å². The number of nitrogens with zero attached hydrogens (tertiary/aromatic N) is 4. The standard InChI is InChI=1S/C32H26N4O2/c1-24-7-6-8-26(21-24)22-37-29-18-13-25(14-19-29)12-15-28(17-16-27-9-4-5-20-33-27)36-38-32-30-10-2-3-11-31(30)34-23-35-32/h2-21,23H,22H2,1H3/b15-12+,17-16+,36-28-. The normalized spacial score (nSPS) is 11.9. The van der Waals surface area contributed by atoms with E-state index in [1.54, 1.807) is 6.20 Å². The first-order chi connectivity index (χ1) is 18.7. The first-order valence-electron chi connectivity index (χ1n) is 12.2. The zero-order chi connectivity index (χ0) is 26.0. The maximum atomic E-state index is 5.94.